The molecule has 2 aromatic carbocycles. The fraction of sp³-hybridized carbons (Fsp3) is 0.280. The highest BCUT2D eigenvalue weighted by Gasteiger charge is 2.30. The smallest absolute Gasteiger partial charge is 0.231 e. The van der Waals surface area contributed by atoms with Crippen molar-refractivity contribution < 1.29 is 18.0 Å². The Morgan fingerprint density at radius 3 is 2.61 bits per heavy atom. The summed E-state index contributed by atoms with van der Waals surface area (Å²) < 4.78 is 40.9. The van der Waals surface area contributed by atoms with Gasteiger partial charge in [0.2, 0.25) is 5.88 Å². The van der Waals surface area contributed by atoms with Crippen LogP contribution in [-0.4, -0.2) is 28.4 Å². The van der Waals surface area contributed by atoms with Gasteiger partial charge in [0.15, 0.2) is 0 Å². The molecule has 1 aliphatic heterocycles. The zero-order chi connectivity index (χ0) is 23.1. The van der Waals surface area contributed by atoms with E-state index in [9.17, 15) is 8.78 Å². The first-order valence-corrected chi connectivity index (χ1v) is 10.8. The lowest BCUT2D eigenvalue weighted by Gasteiger charge is -2.32. The summed E-state index contributed by atoms with van der Waals surface area (Å²) in [6.45, 7) is 4.56. The Balaban J connectivity index is 1.50. The van der Waals surface area contributed by atoms with Gasteiger partial charge in [-0.1, -0.05) is 11.2 Å². The number of benzene rings is 2. The third-order valence-electron chi connectivity index (χ3n) is 6.13. The van der Waals surface area contributed by atoms with Crippen molar-refractivity contribution >= 4 is 5.88 Å². The van der Waals surface area contributed by atoms with Crippen molar-refractivity contribution in [1.29, 1.82) is 0 Å². The van der Waals surface area contributed by atoms with Gasteiger partial charge in [0.1, 0.15) is 23.1 Å². The average Bonchev–Trinajstić information content (AvgIpc) is 3.43. The molecule has 0 radical (unpaired) electrons. The van der Waals surface area contributed by atoms with Gasteiger partial charge in [0.05, 0.1) is 30.9 Å². The molecule has 8 heteroatoms. The van der Waals surface area contributed by atoms with Gasteiger partial charge in [-0.25, -0.2) is 13.8 Å². The molecule has 6 nitrogen and oxygen atoms in total. The summed E-state index contributed by atoms with van der Waals surface area (Å²) in [5, 5.41) is 4.37. The van der Waals surface area contributed by atoms with Crippen LogP contribution < -0.4 is 9.64 Å². The van der Waals surface area contributed by atoms with E-state index >= 15 is 0 Å². The Hall–Kier alpha value is -3.68. The summed E-state index contributed by atoms with van der Waals surface area (Å²) in [6, 6.07) is 9.22. The van der Waals surface area contributed by atoms with E-state index in [0.29, 0.717) is 23.7 Å². The minimum atomic E-state index is -0.590. The molecule has 33 heavy (non-hydrogen) atoms. The molecule has 0 saturated carbocycles. The Labute approximate surface area is 190 Å². The lowest BCUT2D eigenvalue weighted by Crippen LogP contribution is -2.31. The third kappa shape index (κ3) is 3.86. The summed E-state index contributed by atoms with van der Waals surface area (Å²) in [5.41, 5.74) is 4.96. The maximum Gasteiger partial charge on any atom is 0.231 e. The first-order valence-electron chi connectivity index (χ1n) is 10.8. The number of fused-ring (bicyclic) bond motifs is 1. The Kier molecular flexibility index (Phi) is 5.36. The molecule has 4 aromatic rings. The average molecular weight is 450 g/mol. The van der Waals surface area contributed by atoms with E-state index in [-0.39, 0.29) is 6.04 Å². The molecule has 0 aliphatic carbocycles. The molecule has 0 saturated heterocycles. The van der Waals surface area contributed by atoms with E-state index in [1.807, 2.05) is 47.7 Å². The summed E-state index contributed by atoms with van der Waals surface area (Å²) in [7, 11) is 1.63. The highest BCUT2D eigenvalue weighted by atomic mass is 19.1. The molecule has 0 fully saturated rings. The zero-order valence-corrected chi connectivity index (χ0v) is 18.7. The number of aromatic nitrogens is 3. The number of nitrogens with zero attached hydrogens (tertiary/aromatic N) is 4. The molecule has 0 N–H and O–H groups in total. The fourth-order valence-corrected chi connectivity index (χ4v) is 4.46. The van der Waals surface area contributed by atoms with Crippen molar-refractivity contribution in [2.24, 2.45) is 0 Å². The lowest BCUT2D eigenvalue weighted by atomic mass is 9.97. The summed E-state index contributed by atoms with van der Waals surface area (Å²) >= 11 is 0. The summed E-state index contributed by atoms with van der Waals surface area (Å²) in [4.78, 5) is 6.30. The van der Waals surface area contributed by atoms with Crippen LogP contribution in [0.1, 0.15) is 36.2 Å². The molecule has 1 atom stereocenters. The largest absolute Gasteiger partial charge is 0.495 e. The molecule has 0 bridgehead atoms. The maximum atomic E-state index is 13.8. The van der Waals surface area contributed by atoms with Crippen LogP contribution in [0.25, 0.3) is 16.9 Å². The highest BCUT2D eigenvalue weighted by molar-refractivity contribution is 5.72. The van der Waals surface area contributed by atoms with Gasteiger partial charge in [-0.05, 0) is 56.5 Å². The molecular weight excluding hydrogens is 426 g/mol. The van der Waals surface area contributed by atoms with Crippen molar-refractivity contribution in [2.45, 2.75) is 32.7 Å². The molecule has 2 aromatic heterocycles. The first-order chi connectivity index (χ1) is 15.9. The Morgan fingerprint density at radius 2 is 1.91 bits per heavy atom. The normalized spacial score (nSPS) is 14.3. The van der Waals surface area contributed by atoms with Crippen LogP contribution in [0.15, 0.2) is 53.4 Å². The molecule has 170 valence electrons. The van der Waals surface area contributed by atoms with Gasteiger partial charge in [0, 0.05) is 29.9 Å². The number of hydrogen-bond donors (Lipinski definition) is 0. The number of anilines is 1. The standard InChI is InChI=1S/C25H24F2N4O2/c1-15-13-30(14-28-15)22-7-6-17(11-23(22)32-3)24-21-5-4-8-31(25(21)33-29-24)16(2)18-9-19(26)12-20(27)10-18/h6-7,9-14,16H,4-5,8H2,1-3H3/t16-/m1/s1. The number of rotatable bonds is 5. The van der Waals surface area contributed by atoms with Crippen LogP contribution >= 0.6 is 0 Å². The number of halogens is 2. The number of hydrogen-bond acceptors (Lipinski definition) is 5. The second-order valence-electron chi connectivity index (χ2n) is 8.30. The third-order valence-corrected chi connectivity index (χ3v) is 6.13. The van der Waals surface area contributed by atoms with E-state index < -0.39 is 11.6 Å². The first kappa shape index (κ1) is 21.2. The second kappa shape index (κ2) is 8.35. The Bertz CT molecular complexity index is 1290. The van der Waals surface area contributed by atoms with E-state index in [1.165, 1.54) is 12.1 Å². The highest BCUT2D eigenvalue weighted by Crippen LogP contribution is 2.40. The van der Waals surface area contributed by atoms with Gasteiger partial charge in [0.25, 0.3) is 0 Å². The van der Waals surface area contributed by atoms with Crippen molar-refractivity contribution in [3.8, 4) is 22.7 Å². The van der Waals surface area contributed by atoms with Gasteiger partial charge in [-0.15, -0.1) is 0 Å². The van der Waals surface area contributed by atoms with Crippen molar-refractivity contribution in [3.05, 3.63) is 77.4 Å². The molecule has 3 heterocycles. The van der Waals surface area contributed by atoms with E-state index in [1.54, 1.807) is 13.4 Å². The van der Waals surface area contributed by atoms with Crippen molar-refractivity contribution in [1.82, 2.24) is 14.7 Å². The van der Waals surface area contributed by atoms with Gasteiger partial charge in [-0.3, -0.25) is 0 Å². The van der Waals surface area contributed by atoms with Crippen LogP contribution in [0, 0.1) is 18.6 Å². The zero-order valence-electron chi connectivity index (χ0n) is 18.7. The molecule has 0 amide bonds. The number of methoxy groups -OCH3 is 1. The van der Waals surface area contributed by atoms with Crippen LogP contribution in [0.4, 0.5) is 14.7 Å². The quantitative estimate of drug-likeness (QED) is 0.394. The number of imidazole rings is 1. The van der Waals surface area contributed by atoms with Gasteiger partial charge in [-0.2, -0.15) is 0 Å². The van der Waals surface area contributed by atoms with Crippen molar-refractivity contribution in [2.75, 3.05) is 18.6 Å². The van der Waals surface area contributed by atoms with Gasteiger partial charge >= 0.3 is 0 Å². The van der Waals surface area contributed by atoms with E-state index in [4.69, 9.17) is 9.26 Å². The molecule has 5 rings (SSSR count). The Morgan fingerprint density at radius 1 is 1.12 bits per heavy atom. The summed E-state index contributed by atoms with van der Waals surface area (Å²) in [5.74, 6) is 0.153. The lowest BCUT2D eigenvalue weighted by molar-refractivity contribution is 0.400. The maximum absolute atomic E-state index is 13.8. The fourth-order valence-electron chi connectivity index (χ4n) is 4.46. The van der Waals surface area contributed by atoms with E-state index in [2.05, 4.69) is 10.1 Å². The SMILES string of the molecule is COc1cc(-c2noc3c2CCCN3[C@H](C)c2cc(F)cc(F)c2)ccc1-n1cnc(C)c1. The molecular formula is C25H24F2N4O2. The number of aryl methyl sites for hydroxylation is 1. The van der Waals surface area contributed by atoms with Crippen molar-refractivity contribution in [3.63, 3.8) is 0 Å². The summed E-state index contributed by atoms with van der Waals surface area (Å²) in [6.07, 6.45) is 5.37. The monoisotopic (exact) mass is 450 g/mol. The van der Waals surface area contributed by atoms with Crippen LogP contribution in [-0.2, 0) is 6.42 Å². The van der Waals surface area contributed by atoms with E-state index in [0.717, 1.165) is 47.1 Å². The number of ether oxygens (including phenoxy) is 1. The minimum Gasteiger partial charge on any atom is -0.495 e. The minimum absolute atomic E-state index is 0.267. The van der Waals surface area contributed by atoms with Crippen LogP contribution in [0.3, 0.4) is 0 Å². The van der Waals surface area contributed by atoms with Crippen LogP contribution in [0.5, 0.6) is 5.75 Å². The molecule has 0 spiro atoms. The molecule has 1 aliphatic rings. The van der Waals surface area contributed by atoms with Crippen LogP contribution in [0.2, 0.25) is 0 Å². The molecule has 0 unspecified atom stereocenters. The van der Waals surface area contributed by atoms with Gasteiger partial charge < -0.3 is 18.7 Å². The predicted octanol–water partition coefficient (Wildman–Crippen LogP) is 5.64. The second-order valence-corrected chi connectivity index (χ2v) is 8.30. The topological polar surface area (TPSA) is 56.3 Å². The predicted molar refractivity (Wildman–Crippen MR) is 121 cm³/mol.